The van der Waals surface area contributed by atoms with Crippen LogP contribution < -0.4 is 4.74 Å². The summed E-state index contributed by atoms with van der Waals surface area (Å²) in [5.74, 6) is 1.08. The number of para-hydroxylation sites is 1. The van der Waals surface area contributed by atoms with Crippen LogP contribution in [0.4, 0.5) is 5.69 Å². The highest BCUT2D eigenvalue weighted by Crippen LogP contribution is 2.29. The van der Waals surface area contributed by atoms with Gasteiger partial charge in [-0.05, 0) is 30.2 Å². The average Bonchev–Trinajstić information content (AvgIpc) is 2.47. The van der Waals surface area contributed by atoms with Crippen LogP contribution >= 0.6 is 0 Å². The van der Waals surface area contributed by atoms with Gasteiger partial charge in [0.25, 0.3) is 5.69 Å². The first-order valence-electron chi connectivity index (χ1n) is 6.15. The number of rotatable bonds is 5. The van der Waals surface area contributed by atoms with Crippen LogP contribution in [0.3, 0.4) is 0 Å². The molecule has 0 atom stereocenters. The molecule has 20 heavy (non-hydrogen) atoms. The first-order chi connectivity index (χ1) is 9.65. The van der Waals surface area contributed by atoms with E-state index in [0.29, 0.717) is 17.8 Å². The van der Waals surface area contributed by atoms with E-state index in [9.17, 15) is 14.9 Å². The minimum absolute atomic E-state index is 0.00137. The summed E-state index contributed by atoms with van der Waals surface area (Å²) >= 11 is 0. The van der Waals surface area contributed by atoms with E-state index in [4.69, 9.17) is 4.74 Å². The first kappa shape index (κ1) is 13.7. The highest BCUT2D eigenvalue weighted by molar-refractivity contribution is 5.82. The molecule has 102 valence electrons. The van der Waals surface area contributed by atoms with Crippen LogP contribution in [0.25, 0.3) is 0 Å². The van der Waals surface area contributed by atoms with E-state index in [1.54, 1.807) is 0 Å². The summed E-state index contributed by atoms with van der Waals surface area (Å²) in [6.07, 6.45) is 1.26. The van der Waals surface area contributed by atoms with E-state index in [0.717, 1.165) is 12.0 Å². The van der Waals surface area contributed by atoms with Crippen molar-refractivity contribution >= 4 is 12.0 Å². The maximum Gasteiger partial charge on any atom is 0.280 e. The summed E-state index contributed by atoms with van der Waals surface area (Å²) in [5, 5.41) is 10.8. The van der Waals surface area contributed by atoms with Crippen LogP contribution in [0.5, 0.6) is 11.5 Å². The molecule has 0 saturated carbocycles. The zero-order valence-corrected chi connectivity index (χ0v) is 10.9. The fraction of sp³-hybridized carbons (Fsp3) is 0.133. The number of aryl methyl sites for hydroxylation is 1. The van der Waals surface area contributed by atoms with Crippen molar-refractivity contribution < 1.29 is 14.5 Å². The van der Waals surface area contributed by atoms with Crippen LogP contribution in [0, 0.1) is 10.1 Å². The summed E-state index contributed by atoms with van der Waals surface area (Å²) in [6.45, 7) is 2.01. The molecule has 0 N–H and O–H groups in total. The third kappa shape index (κ3) is 2.83. The van der Waals surface area contributed by atoms with Gasteiger partial charge in [0.15, 0.2) is 6.29 Å². The molecule has 2 aromatic rings. The summed E-state index contributed by atoms with van der Waals surface area (Å²) in [5.41, 5.74) is 0.802. The summed E-state index contributed by atoms with van der Waals surface area (Å²) < 4.78 is 5.70. The number of carbonyl (C=O) groups excluding carboxylic acids is 1. The maximum absolute atomic E-state index is 10.9. The molecule has 0 unspecified atom stereocenters. The molecule has 0 aliphatic heterocycles. The number of ether oxygens (including phenoxy) is 1. The van der Waals surface area contributed by atoms with Crippen molar-refractivity contribution in [3.63, 3.8) is 0 Å². The monoisotopic (exact) mass is 271 g/mol. The Balaban J connectivity index is 2.35. The van der Waals surface area contributed by atoms with Gasteiger partial charge >= 0.3 is 0 Å². The average molecular weight is 271 g/mol. The quantitative estimate of drug-likeness (QED) is 0.471. The smallest absolute Gasteiger partial charge is 0.280 e. The molecule has 0 radical (unpaired) electrons. The van der Waals surface area contributed by atoms with Gasteiger partial charge in [0.1, 0.15) is 11.5 Å². The number of benzene rings is 2. The van der Waals surface area contributed by atoms with E-state index in [2.05, 4.69) is 0 Å². The zero-order chi connectivity index (χ0) is 14.5. The predicted molar refractivity (Wildman–Crippen MR) is 74.4 cm³/mol. The van der Waals surface area contributed by atoms with Gasteiger partial charge in [-0.1, -0.05) is 25.1 Å². The van der Waals surface area contributed by atoms with E-state index in [1.807, 2.05) is 31.2 Å². The van der Waals surface area contributed by atoms with E-state index in [1.165, 1.54) is 18.2 Å². The molecule has 0 fully saturated rings. The first-order valence-corrected chi connectivity index (χ1v) is 6.15. The number of hydrogen-bond acceptors (Lipinski definition) is 4. The molecular weight excluding hydrogens is 258 g/mol. The number of nitrogens with zero attached hydrogens (tertiary/aromatic N) is 1. The van der Waals surface area contributed by atoms with E-state index >= 15 is 0 Å². The Morgan fingerprint density at radius 3 is 2.65 bits per heavy atom. The molecule has 0 aromatic heterocycles. The standard InChI is InChI=1S/C15H13NO4/c1-2-11-5-3-4-6-15(11)20-13-7-8-14(16(18)19)12(9-13)10-17/h3-10H,2H2,1H3. The van der Waals surface area contributed by atoms with Crippen molar-refractivity contribution in [1.82, 2.24) is 0 Å². The van der Waals surface area contributed by atoms with Crippen LogP contribution in [0.1, 0.15) is 22.8 Å². The zero-order valence-electron chi connectivity index (χ0n) is 10.9. The van der Waals surface area contributed by atoms with Crippen molar-refractivity contribution in [1.29, 1.82) is 0 Å². The fourth-order valence-corrected chi connectivity index (χ4v) is 1.88. The lowest BCUT2D eigenvalue weighted by molar-refractivity contribution is -0.385. The Hall–Kier alpha value is -2.69. The molecular formula is C15H13NO4. The number of nitro benzene ring substituents is 1. The largest absolute Gasteiger partial charge is 0.457 e. The van der Waals surface area contributed by atoms with Gasteiger partial charge in [0.2, 0.25) is 0 Å². The van der Waals surface area contributed by atoms with Gasteiger partial charge < -0.3 is 4.74 Å². The molecule has 2 aromatic carbocycles. The SMILES string of the molecule is CCc1ccccc1Oc1ccc([N+](=O)[O-])c(C=O)c1. The summed E-state index contributed by atoms with van der Waals surface area (Å²) in [6, 6.07) is 11.7. The van der Waals surface area contributed by atoms with Gasteiger partial charge in [-0.15, -0.1) is 0 Å². The van der Waals surface area contributed by atoms with Gasteiger partial charge in [0.05, 0.1) is 10.5 Å². The highest BCUT2D eigenvalue weighted by atomic mass is 16.6. The molecule has 0 aliphatic rings. The van der Waals surface area contributed by atoms with Gasteiger partial charge in [-0.2, -0.15) is 0 Å². The van der Waals surface area contributed by atoms with Crippen molar-refractivity contribution in [3.8, 4) is 11.5 Å². The van der Waals surface area contributed by atoms with Crippen molar-refractivity contribution in [3.05, 3.63) is 63.7 Å². The second kappa shape index (κ2) is 5.97. The van der Waals surface area contributed by atoms with Crippen molar-refractivity contribution in [2.45, 2.75) is 13.3 Å². The topological polar surface area (TPSA) is 69.4 Å². The highest BCUT2D eigenvalue weighted by Gasteiger charge is 2.14. The molecule has 2 rings (SSSR count). The lowest BCUT2D eigenvalue weighted by atomic mass is 10.1. The van der Waals surface area contributed by atoms with Crippen molar-refractivity contribution in [2.24, 2.45) is 0 Å². The molecule has 0 saturated heterocycles. The van der Waals surface area contributed by atoms with Crippen molar-refractivity contribution in [2.75, 3.05) is 0 Å². The molecule has 5 heteroatoms. The third-order valence-electron chi connectivity index (χ3n) is 2.90. The molecule has 0 bridgehead atoms. The van der Waals surface area contributed by atoms with Gasteiger partial charge in [0, 0.05) is 6.07 Å². The van der Waals surface area contributed by atoms with Crippen LogP contribution in [0.15, 0.2) is 42.5 Å². The normalized spacial score (nSPS) is 10.1. The number of hydrogen-bond donors (Lipinski definition) is 0. The Morgan fingerprint density at radius 1 is 1.25 bits per heavy atom. The fourth-order valence-electron chi connectivity index (χ4n) is 1.88. The Labute approximate surface area is 116 Å². The Morgan fingerprint density at radius 2 is 2.00 bits per heavy atom. The van der Waals surface area contributed by atoms with Crippen LogP contribution in [-0.4, -0.2) is 11.2 Å². The van der Waals surface area contributed by atoms with E-state index in [-0.39, 0.29) is 11.3 Å². The number of nitro groups is 1. The maximum atomic E-state index is 10.9. The molecule has 0 amide bonds. The van der Waals surface area contributed by atoms with Crippen LogP contribution in [-0.2, 0) is 6.42 Å². The number of carbonyl (C=O) groups is 1. The van der Waals surface area contributed by atoms with E-state index < -0.39 is 4.92 Å². The molecule has 0 aliphatic carbocycles. The van der Waals surface area contributed by atoms with Gasteiger partial charge in [-0.3, -0.25) is 14.9 Å². The van der Waals surface area contributed by atoms with Crippen LogP contribution in [0.2, 0.25) is 0 Å². The lowest BCUT2D eigenvalue weighted by Crippen LogP contribution is -1.96. The molecule has 5 nitrogen and oxygen atoms in total. The Bertz CT molecular complexity index is 652. The predicted octanol–water partition coefficient (Wildman–Crippen LogP) is 3.76. The summed E-state index contributed by atoms with van der Waals surface area (Å²) in [7, 11) is 0. The summed E-state index contributed by atoms with van der Waals surface area (Å²) in [4.78, 5) is 21.1. The molecule has 0 heterocycles. The minimum atomic E-state index is -0.590. The minimum Gasteiger partial charge on any atom is -0.457 e. The second-order valence-electron chi connectivity index (χ2n) is 4.16. The third-order valence-corrected chi connectivity index (χ3v) is 2.90. The second-order valence-corrected chi connectivity index (χ2v) is 4.16. The lowest BCUT2D eigenvalue weighted by Gasteiger charge is -2.10. The Kier molecular flexibility index (Phi) is 4.10. The van der Waals surface area contributed by atoms with Gasteiger partial charge in [-0.25, -0.2) is 0 Å². The number of aldehydes is 1. The molecule has 0 spiro atoms.